The number of halogens is 1. The van der Waals surface area contributed by atoms with Gasteiger partial charge in [0, 0.05) is 18.3 Å². The SMILES string of the molecule is Cc1cnc(C(=O)OC(C)C(=O)Nc2cc([N+](=O)[O-])ccc2Cl)cn1. The molecule has 0 spiro atoms. The van der Waals surface area contributed by atoms with E-state index in [1.807, 2.05) is 0 Å². The number of anilines is 1. The lowest BCUT2D eigenvalue weighted by molar-refractivity contribution is -0.384. The molecule has 0 radical (unpaired) electrons. The van der Waals surface area contributed by atoms with Crippen molar-refractivity contribution in [2.45, 2.75) is 20.0 Å². The van der Waals surface area contributed by atoms with Crippen molar-refractivity contribution < 1.29 is 19.2 Å². The molecule has 25 heavy (non-hydrogen) atoms. The summed E-state index contributed by atoms with van der Waals surface area (Å²) in [4.78, 5) is 42.0. The molecule has 1 aromatic heterocycles. The number of carbonyl (C=O) groups excluding carboxylic acids is 2. The average molecular weight is 365 g/mol. The van der Waals surface area contributed by atoms with Gasteiger partial charge in [-0.05, 0) is 19.9 Å². The molecule has 0 bridgehead atoms. The van der Waals surface area contributed by atoms with Gasteiger partial charge in [0.1, 0.15) is 0 Å². The highest BCUT2D eigenvalue weighted by atomic mass is 35.5. The number of nitrogens with one attached hydrogen (secondary N) is 1. The molecule has 0 aliphatic rings. The number of carbonyl (C=O) groups is 2. The maximum absolute atomic E-state index is 12.1. The van der Waals surface area contributed by atoms with E-state index in [1.165, 1.54) is 31.5 Å². The van der Waals surface area contributed by atoms with Crippen LogP contribution in [0.25, 0.3) is 0 Å². The van der Waals surface area contributed by atoms with Crippen LogP contribution < -0.4 is 5.32 Å². The van der Waals surface area contributed by atoms with Crippen LogP contribution in [-0.4, -0.2) is 32.9 Å². The summed E-state index contributed by atoms with van der Waals surface area (Å²) >= 11 is 5.90. The Morgan fingerprint density at radius 3 is 2.64 bits per heavy atom. The predicted molar refractivity (Wildman–Crippen MR) is 88.4 cm³/mol. The van der Waals surface area contributed by atoms with E-state index in [-0.39, 0.29) is 22.1 Å². The molecule has 1 unspecified atom stereocenters. The predicted octanol–water partition coefficient (Wildman–Crippen LogP) is 2.53. The number of hydrogen-bond donors (Lipinski definition) is 1. The van der Waals surface area contributed by atoms with Crippen LogP contribution in [0.15, 0.2) is 30.6 Å². The van der Waals surface area contributed by atoms with Crippen molar-refractivity contribution in [2.24, 2.45) is 0 Å². The first-order chi connectivity index (χ1) is 11.8. The van der Waals surface area contributed by atoms with Crippen LogP contribution >= 0.6 is 11.6 Å². The molecule has 0 saturated carbocycles. The molecule has 10 heteroatoms. The number of aromatic nitrogens is 2. The highest BCUT2D eigenvalue weighted by Gasteiger charge is 2.21. The maximum atomic E-state index is 12.1. The summed E-state index contributed by atoms with van der Waals surface area (Å²) in [7, 11) is 0. The smallest absolute Gasteiger partial charge is 0.359 e. The van der Waals surface area contributed by atoms with E-state index < -0.39 is 22.9 Å². The first kappa shape index (κ1) is 18.3. The summed E-state index contributed by atoms with van der Waals surface area (Å²) in [5.41, 5.74) is 0.388. The van der Waals surface area contributed by atoms with E-state index in [0.717, 1.165) is 6.07 Å². The lowest BCUT2D eigenvalue weighted by Crippen LogP contribution is -2.30. The fourth-order valence-electron chi connectivity index (χ4n) is 1.73. The van der Waals surface area contributed by atoms with Crippen LogP contribution in [0, 0.1) is 17.0 Å². The minimum atomic E-state index is -1.18. The molecule has 0 aliphatic carbocycles. The fraction of sp³-hybridized carbons (Fsp3) is 0.200. The van der Waals surface area contributed by atoms with Crippen LogP contribution in [0.2, 0.25) is 5.02 Å². The van der Waals surface area contributed by atoms with Gasteiger partial charge in [-0.15, -0.1) is 0 Å². The van der Waals surface area contributed by atoms with Gasteiger partial charge in [-0.1, -0.05) is 11.6 Å². The van der Waals surface area contributed by atoms with Crippen molar-refractivity contribution in [3.63, 3.8) is 0 Å². The first-order valence-corrected chi connectivity index (χ1v) is 7.40. The van der Waals surface area contributed by atoms with Gasteiger partial charge in [-0.2, -0.15) is 0 Å². The van der Waals surface area contributed by atoms with Crippen LogP contribution in [0.4, 0.5) is 11.4 Å². The minimum Gasteiger partial charge on any atom is -0.448 e. The van der Waals surface area contributed by atoms with Crippen molar-refractivity contribution in [3.8, 4) is 0 Å². The summed E-state index contributed by atoms with van der Waals surface area (Å²) in [6.07, 6.45) is 1.45. The first-order valence-electron chi connectivity index (χ1n) is 7.02. The molecule has 1 heterocycles. The van der Waals surface area contributed by atoms with E-state index in [1.54, 1.807) is 6.92 Å². The Hall–Kier alpha value is -3.07. The number of rotatable bonds is 5. The number of nitrogens with zero attached hydrogens (tertiary/aromatic N) is 3. The Labute approximate surface area is 147 Å². The fourth-order valence-corrected chi connectivity index (χ4v) is 1.89. The Morgan fingerprint density at radius 2 is 2.04 bits per heavy atom. The summed E-state index contributed by atoms with van der Waals surface area (Å²) in [6, 6.07) is 3.60. The molecule has 1 aromatic carbocycles. The molecule has 2 aromatic rings. The second kappa shape index (κ2) is 7.67. The minimum absolute atomic E-state index is 0.0406. The topological polar surface area (TPSA) is 124 Å². The van der Waals surface area contributed by atoms with E-state index in [2.05, 4.69) is 15.3 Å². The molecule has 0 fully saturated rings. The van der Waals surface area contributed by atoms with Gasteiger partial charge >= 0.3 is 5.97 Å². The maximum Gasteiger partial charge on any atom is 0.359 e. The Bertz CT molecular complexity index is 825. The van der Waals surface area contributed by atoms with Crippen molar-refractivity contribution in [1.82, 2.24) is 9.97 Å². The Kier molecular flexibility index (Phi) is 5.60. The van der Waals surface area contributed by atoms with Crippen molar-refractivity contribution in [2.75, 3.05) is 5.32 Å². The number of aryl methyl sites for hydroxylation is 1. The third-order valence-corrected chi connectivity index (χ3v) is 3.39. The van der Waals surface area contributed by atoms with E-state index in [9.17, 15) is 19.7 Å². The number of benzene rings is 1. The van der Waals surface area contributed by atoms with Gasteiger partial charge in [0.2, 0.25) is 0 Å². The molecular weight excluding hydrogens is 352 g/mol. The van der Waals surface area contributed by atoms with Gasteiger partial charge in [0.25, 0.3) is 11.6 Å². The zero-order chi connectivity index (χ0) is 18.6. The summed E-state index contributed by atoms with van der Waals surface area (Å²) in [6.45, 7) is 3.06. The largest absolute Gasteiger partial charge is 0.448 e. The average Bonchev–Trinajstić information content (AvgIpc) is 2.57. The quantitative estimate of drug-likeness (QED) is 0.491. The third kappa shape index (κ3) is 4.70. The monoisotopic (exact) mass is 364 g/mol. The number of amides is 1. The standard InChI is InChI=1S/C15H13ClN4O5/c1-8-6-18-13(7-17-8)15(22)25-9(2)14(21)19-12-5-10(20(23)24)3-4-11(12)16/h3-7,9H,1-2H3,(H,19,21). The molecule has 0 aliphatic heterocycles. The molecule has 0 saturated heterocycles. The van der Waals surface area contributed by atoms with Crippen LogP contribution in [0.5, 0.6) is 0 Å². The zero-order valence-electron chi connectivity index (χ0n) is 13.2. The normalized spacial score (nSPS) is 11.5. The molecule has 9 nitrogen and oxygen atoms in total. The van der Waals surface area contributed by atoms with Crippen LogP contribution in [-0.2, 0) is 9.53 Å². The Morgan fingerprint density at radius 1 is 1.32 bits per heavy atom. The van der Waals surface area contributed by atoms with Crippen molar-refractivity contribution >= 4 is 34.9 Å². The van der Waals surface area contributed by atoms with E-state index in [0.29, 0.717) is 5.69 Å². The summed E-state index contributed by atoms with van der Waals surface area (Å²) in [5, 5.41) is 13.3. The van der Waals surface area contributed by atoms with Gasteiger partial charge in [-0.3, -0.25) is 19.9 Å². The van der Waals surface area contributed by atoms with Crippen molar-refractivity contribution in [3.05, 3.63) is 57.1 Å². The number of non-ortho nitro benzene ring substituents is 1. The van der Waals surface area contributed by atoms with E-state index in [4.69, 9.17) is 16.3 Å². The number of nitro benzene ring substituents is 1. The second-order valence-electron chi connectivity index (χ2n) is 5.00. The molecular formula is C15H13ClN4O5. The highest BCUT2D eigenvalue weighted by molar-refractivity contribution is 6.33. The Balaban J connectivity index is 2.05. The molecule has 2 rings (SSSR count). The van der Waals surface area contributed by atoms with Crippen LogP contribution in [0.1, 0.15) is 23.1 Å². The lowest BCUT2D eigenvalue weighted by atomic mass is 10.2. The molecule has 130 valence electrons. The third-order valence-electron chi connectivity index (χ3n) is 3.06. The zero-order valence-corrected chi connectivity index (χ0v) is 14.0. The molecule has 1 atom stereocenters. The summed E-state index contributed by atoms with van der Waals surface area (Å²) in [5.74, 6) is -1.52. The summed E-state index contributed by atoms with van der Waals surface area (Å²) < 4.78 is 5.00. The lowest BCUT2D eigenvalue weighted by Gasteiger charge is -2.13. The molecule has 1 N–H and O–H groups in total. The van der Waals surface area contributed by atoms with Gasteiger partial charge in [0.15, 0.2) is 11.8 Å². The van der Waals surface area contributed by atoms with E-state index >= 15 is 0 Å². The number of ether oxygens (including phenoxy) is 1. The molecule has 1 amide bonds. The number of esters is 1. The second-order valence-corrected chi connectivity index (χ2v) is 5.41. The van der Waals surface area contributed by atoms with Gasteiger partial charge < -0.3 is 10.1 Å². The number of nitro groups is 1. The van der Waals surface area contributed by atoms with Gasteiger partial charge in [-0.25, -0.2) is 9.78 Å². The highest BCUT2D eigenvalue weighted by Crippen LogP contribution is 2.26. The van der Waals surface area contributed by atoms with Gasteiger partial charge in [0.05, 0.1) is 27.5 Å². The number of hydrogen-bond acceptors (Lipinski definition) is 7. The van der Waals surface area contributed by atoms with Crippen molar-refractivity contribution in [1.29, 1.82) is 0 Å². The van der Waals surface area contributed by atoms with Crippen LogP contribution in [0.3, 0.4) is 0 Å².